The normalized spacial score (nSPS) is 20.4. The molecule has 5 heteroatoms. The molecule has 1 saturated heterocycles. The first-order valence-electron chi connectivity index (χ1n) is 10.1. The predicted octanol–water partition coefficient (Wildman–Crippen LogP) is 3.38. The third-order valence-electron chi connectivity index (χ3n) is 6.58. The first kappa shape index (κ1) is 18.2. The first-order chi connectivity index (χ1) is 13.1. The van der Waals surface area contributed by atoms with Gasteiger partial charge in [0.2, 0.25) is 5.91 Å². The Morgan fingerprint density at radius 1 is 1.30 bits per heavy atom. The molecule has 4 rings (SSSR count). The summed E-state index contributed by atoms with van der Waals surface area (Å²) >= 11 is 0. The van der Waals surface area contributed by atoms with Crippen LogP contribution in [0.5, 0.6) is 0 Å². The Morgan fingerprint density at radius 3 is 2.70 bits per heavy atom. The first-order valence-corrected chi connectivity index (χ1v) is 10.1. The highest BCUT2D eigenvalue weighted by molar-refractivity contribution is 5.80. The Bertz CT molecular complexity index is 767. The van der Waals surface area contributed by atoms with Gasteiger partial charge in [0.1, 0.15) is 0 Å². The molecule has 27 heavy (non-hydrogen) atoms. The Kier molecular flexibility index (Phi) is 5.04. The average molecular weight is 367 g/mol. The van der Waals surface area contributed by atoms with Crippen molar-refractivity contribution in [3.05, 3.63) is 48.3 Å². The van der Waals surface area contributed by atoms with Crippen LogP contribution >= 0.6 is 0 Å². The fourth-order valence-electron chi connectivity index (χ4n) is 4.78. The highest BCUT2D eigenvalue weighted by Gasteiger charge is 2.47. The number of aromatic nitrogens is 2. The Labute approximate surface area is 161 Å². The van der Waals surface area contributed by atoms with Crippen LogP contribution in [-0.2, 0) is 4.79 Å². The van der Waals surface area contributed by atoms with E-state index in [2.05, 4.69) is 29.4 Å². The zero-order valence-corrected chi connectivity index (χ0v) is 16.1. The van der Waals surface area contributed by atoms with Gasteiger partial charge >= 0.3 is 0 Å². The van der Waals surface area contributed by atoms with E-state index in [4.69, 9.17) is 0 Å². The van der Waals surface area contributed by atoms with Gasteiger partial charge in [-0.3, -0.25) is 4.79 Å². The molecule has 1 aliphatic heterocycles. The molecule has 144 valence electrons. The van der Waals surface area contributed by atoms with Crippen LogP contribution in [0.4, 0.5) is 0 Å². The summed E-state index contributed by atoms with van der Waals surface area (Å²) in [4.78, 5) is 14.4. The number of rotatable bonds is 5. The van der Waals surface area contributed by atoms with E-state index in [0.717, 1.165) is 18.8 Å². The largest absolute Gasteiger partial charge is 0.396 e. The number of hydrogen-bond acceptors (Lipinski definition) is 3. The van der Waals surface area contributed by atoms with E-state index in [1.54, 1.807) is 6.20 Å². The minimum absolute atomic E-state index is 0.0342. The van der Waals surface area contributed by atoms with Crippen LogP contribution in [0.2, 0.25) is 0 Å². The maximum Gasteiger partial charge on any atom is 0.228 e. The maximum absolute atomic E-state index is 12.4. The second-order valence-corrected chi connectivity index (χ2v) is 8.30. The predicted molar refractivity (Wildman–Crippen MR) is 105 cm³/mol. The summed E-state index contributed by atoms with van der Waals surface area (Å²) in [6.45, 7) is 3.69. The van der Waals surface area contributed by atoms with E-state index >= 15 is 0 Å². The topological polar surface area (TPSA) is 58.4 Å². The smallest absolute Gasteiger partial charge is 0.228 e. The van der Waals surface area contributed by atoms with Gasteiger partial charge in [-0.25, -0.2) is 4.68 Å². The molecule has 0 unspecified atom stereocenters. The summed E-state index contributed by atoms with van der Waals surface area (Å²) in [6.07, 6.45) is 9.23. The van der Waals surface area contributed by atoms with Crippen molar-refractivity contribution in [2.45, 2.75) is 44.9 Å². The number of amides is 1. The molecular weight excluding hydrogens is 338 g/mol. The molecule has 1 spiro atoms. The molecular formula is C22H29N3O2. The third-order valence-corrected chi connectivity index (χ3v) is 6.58. The fourth-order valence-corrected chi connectivity index (χ4v) is 4.78. The standard InChI is InChI=1S/C22H29N3O2/c1-2-17(14-26)21(27)24-15-22(16-24)9-7-18(8-10-22)19-5-3-6-20(13-19)25-12-4-11-23-25/h3-6,11-13,17-18,26H,2,7-10,14-16H2,1H3/t17-/m1/s1. The molecule has 1 saturated carbocycles. The van der Waals surface area contributed by atoms with Crippen molar-refractivity contribution >= 4 is 5.91 Å². The molecule has 1 aromatic heterocycles. The molecule has 1 N–H and O–H groups in total. The number of nitrogens with zero attached hydrogens (tertiary/aromatic N) is 3. The van der Waals surface area contributed by atoms with Crippen molar-refractivity contribution in [1.29, 1.82) is 0 Å². The molecule has 2 aromatic rings. The van der Waals surface area contributed by atoms with Crippen LogP contribution in [0.3, 0.4) is 0 Å². The third kappa shape index (κ3) is 3.53. The Balaban J connectivity index is 1.35. The maximum atomic E-state index is 12.4. The summed E-state index contributed by atoms with van der Waals surface area (Å²) in [5.41, 5.74) is 2.84. The number of hydrogen-bond donors (Lipinski definition) is 1. The van der Waals surface area contributed by atoms with Gasteiger partial charge in [-0.15, -0.1) is 0 Å². The van der Waals surface area contributed by atoms with Gasteiger partial charge in [-0.1, -0.05) is 19.1 Å². The number of likely N-dealkylation sites (tertiary alicyclic amines) is 1. The molecule has 0 radical (unpaired) electrons. The minimum Gasteiger partial charge on any atom is -0.396 e. The van der Waals surface area contributed by atoms with Crippen LogP contribution in [0, 0.1) is 11.3 Å². The monoisotopic (exact) mass is 367 g/mol. The van der Waals surface area contributed by atoms with Crippen molar-refractivity contribution < 1.29 is 9.90 Å². The number of aliphatic hydroxyl groups is 1. The molecule has 0 bridgehead atoms. The number of aliphatic hydroxyl groups excluding tert-OH is 1. The molecule has 1 amide bonds. The van der Waals surface area contributed by atoms with Crippen molar-refractivity contribution in [3.8, 4) is 5.69 Å². The van der Waals surface area contributed by atoms with E-state index in [0.29, 0.717) is 17.8 Å². The summed E-state index contributed by atoms with van der Waals surface area (Å²) in [5, 5.41) is 13.7. The van der Waals surface area contributed by atoms with Gasteiger partial charge in [0.05, 0.1) is 18.2 Å². The number of carbonyl (C=O) groups is 1. The van der Waals surface area contributed by atoms with Gasteiger partial charge in [0.25, 0.3) is 0 Å². The molecule has 2 heterocycles. The molecule has 5 nitrogen and oxygen atoms in total. The quantitative estimate of drug-likeness (QED) is 0.881. The van der Waals surface area contributed by atoms with Crippen LogP contribution in [0.25, 0.3) is 5.69 Å². The lowest BCUT2D eigenvalue weighted by Crippen LogP contribution is -2.60. The van der Waals surface area contributed by atoms with Crippen LogP contribution in [0.15, 0.2) is 42.7 Å². The molecule has 2 fully saturated rings. The highest BCUT2D eigenvalue weighted by atomic mass is 16.3. The molecule has 2 aliphatic rings. The zero-order valence-electron chi connectivity index (χ0n) is 16.1. The van der Waals surface area contributed by atoms with Crippen LogP contribution in [-0.4, -0.2) is 45.4 Å². The van der Waals surface area contributed by atoms with Crippen molar-refractivity contribution in [2.24, 2.45) is 11.3 Å². The van der Waals surface area contributed by atoms with Gasteiger partial charge in [0, 0.05) is 30.9 Å². The van der Waals surface area contributed by atoms with Crippen molar-refractivity contribution in [1.82, 2.24) is 14.7 Å². The van der Waals surface area contributed by atoms with Gasteiger partial charge in [-0.05, 0) is 61.8 Å². The summed E-state index contributed by atoms with van der Waals surface area (Å²) in [7, 11) is 0. The van der Waals surface area contributed by atoms with Crippen molar-refractivity contribution in [3.63, 3.8) is 0 Å². The summed E-state index contributed by atoms with van der Waals surface area (Å²) < 4.78 is 1.91. The van der Waals surface area contributed by atoms with Gasteiger partial charge in [0.15, 0.2) is 0 Å². The van der Waals surface area contributed by atoms with Crippen LogP contribution < -0.4 is 0 Å². The SMILES string of the molecule is CC[C@H](CO)C(=O)N1CC2(CCC(c3cccc(-n4cccn4)c3)CC2)C1. The molecule has 1 aromatic carbocycles. The minimum atomic E-state index is -0.219. The van der Waals surface area contributed by atoms with E-state index < -0.39 is 0 Å². The Morgan fingerprint density at radius 2 is 2.07 bits per heavy atom. The van der Waals surface area contributed by atoms with E-state index in [-0.39, 0.29) is 18.4 Å². The van der Waals surface area contributed by atoms with E-state index in [9.17, 15) is 9.90 Å². The highest BCUT2D eigenvalue weighted by Crippen LogP contribution is 2.48. The zero-order chi connectivity index (χ0) is 18.9. The second kappa shape index (κ2) is 7.47. The van der Waals surface area contributed by atoms with E-state index in [1.165, 1.54) is 31.2 Å². The van der Waals surface area contributed by atoms with E-state index in [1.807, 2.05) is 28.8 Å². The summed E-state index contributed by atoms with van der Waals surface area (Å²) in [6, 6.07) is 10.7. The Hall–Kier alpha value is -2.14. The lowest BCUT2D eigenvalue weighted by atomic mass is 9.64. The van der Waals surface area contributed by atoms with Crippen LogP contribution in [0.1, 0.15) is 50.5 Å². The number of benzene rings is 1. The lowest BCUT2D eigenvalue weighted by Gasteiger charge is -2.54. The van der Waals surface area contributed by atoms with Crippen molar-refractivity contribution in [2.75, 3.05) is 19.7 Å². The number of carbonyl (C=O) groups excluding carboxylic acids is 1. The molecule has 1 aliphatic carbocycles. The molecule has 1 atom stereocenters. The summed E-state index contributed by atoms with van der Waals surface area (Å²) in [5.74, 6) is 0.514. The fraction of sp³-hybridized carbons (Fsp3) is 0.545. The average Bonchev–Trinajstić information content (AvgIpc) is 3.22. The van der Waals surface area contributed by atoms with Gasteiger partial charge in [-0.2, -0.15) is 5.10 Å². The lowest BCUT2D eigenvalue weighted by molar-refractivity contribution is -0.151. The van der Waals surface area contributed by atoms with Gasteiger partial charge < -0.3 is 10.0 Å². The second-order valence-electron chi connectivity index (χ2n) is 8.30.